The van der Waals surface area contributed by atoms with Crippen LogP contribution in [0.1, 0.15) is 20.8 Å². The molecule has 1 aliphatic heterocycles. The van der Waals surface area contributed by atoms with Crippen LogP contribution >= 0.6 is 23.4 Å². The number of likely N-dealkylation sites (N-methyl/N-ethyl adjacent to an activating group) is 1. The first-order valence-electron chi connectivity index (χ1n) is 7.09. The van der Waals surface area contributed by atoms with Crippen LogP contribution in [0.3, 0.4) is 0 Å². The molecule has 1 aromatic rings. The van der Waals surface area contributed by atoms with Gasteiger partial charge in [-0.2, -0.15) is 4.98 Å². The average Bonchev–Trinajstić information content (AvgIpc) is 2.37. The normalized spacial score (nSPS) is 20.9. The minimum absolute atomic E-state index is 0.0318. The Morgan fingerprint density at radius 1 is 1.38 bits per heavy atom. The lowest BCUT2D eigenvalue weighted by molar-refractivity contribution is 0.214. The minimum atomic E-state index is 0.0318. The van der Waals surface area contributed by atoms with Gasteiger partial charge >= 0.3 is 0 Å². The number of hydrogen-bond acceptors (Lipinski definition) is 6. The Kier molecular flexibility index (Phi) is 5.35. The highest BCUT2D eigenvalue weighted by Crippen LogP contribution is 2.25. The Morgan fingerprint density at radius 2 is 2.10 bits per heavy atom. The van der Waals surface area contributed by atoms with Crippen molar-refractivity contribution >= 4 is 29.3 Å². The second-order valence-corrected chi connectivity index (χ2v) is 7.60. The molecular formula is C14H24ClN5S. The number of hydrogen-bond donors (Lipinski definition) is 1. The van der Waals surface area contributed by atoms with Crippen molar-refractivity contribution in [2.45, 2.75) is 37.4 Å². The lowest BCUT2D eigenvalue weighted by Crippen LogP contribution is -2.62. The first kappa shape index (κ1) is 16.8. The van der Waals surface area contributed by atoms with E-state index in [2.05, 4.69) is 52.9 Å². The Bertz CT molecular complexity index is 491. The molecule has 0 radical (unpaired) electrons. The van der Waals surface area contributed by atoms with Gasteiger partial charge in [0, 0.05) is 31.4 Å². The quantitative estimate of drug-likeness (QED) is 0.678. The molecule has 1 aliphatic rings. The summed E-state index contributed by atoms with van der Waals surface area (Å²) in [5.41, 5.74) is 0.0318. The summed E-state index contributed by atoms with van der Waals surface area (Å²) in [5.74, 6) is 0.702. The van der Waals surface area contributed by atoms with Crippen molar-refractivity contribution in [1.29, 1.82) is 0 Å². The molecule has 1 N–H and O–H groups in total. The first-order chi connectivity index (χ1) is 9.80. The summed E-state index contributed by atoms with van der Waals surface area (Å²) in [6.45, 7) is 9.33. The van der Waals surface area contributed by atoms with Crippen molar-refractivity contribution in [2.24, 2.45) is 0 Å². The van der Waals surface area contributed by atoms with Crippen molar-refractivity contribution < 1.29 is 0 Å². The van der Waals surface area contributed by atoms with Crippen LogP contribution in [-0.4, -0.2) is 59.5 Å². The minimum Gasteiger partial charge on any atom is -0.323 e. The van der Waals surface area contributed by atoms with Crippen LogP contribution in [0.25, 0.3) is 0 Å². The molecule has 2 heterocycles. The van der Waals surface area contributed by atoms with E-state index >= 15 is 0 Å². The van der Waals surface area contributed by atoms with E-state index in [0.29, 0.717) is 11.1 Å². The summed E-state index contributed by atoms with van der Waals surface area (Å²) in [5, 5.41) is 4.17. The number of anilines is 1. The zero-order valence-electron chi connectivity index (χ0n) is 13.4. The molecule has 2 rings (SSSR count). The molecule has 5 nitrogen and oxygen atoms in total. The van der Waals surface area contributed by atoms with Crippen LogP contribution in [0.4, 0.5) is 5.95 Å². The number of nitrogens with one attached hydrogen (secondary N) is 1. The topological polar surface area (TPSA) is 44.3 Å². The molecule has 1 atom stereocenters. The van der Waals surface area contributed by atoms with E-state index in [1.165, 1.54) is 0 Å². The van der Waals surface area contributed by atoms with Gasteiger partial charge in [-0.05, 0) is 34.1 Å². The molecule has 0 spiro atoms. The van der Waals surface area contributed by atoms with Crippen LogP contribution < -0.4 is 10.2 Å². The van der Waals surface area contributed by atoms with E-state index in [0.717, 1.165) is 24.5 Å². The molecule has 1 unspecified atom stereocenters. The first-order valence-corrected chi connectivity index (χ1v) is 8.70. The average molecular weight is 330 g/mol. The highest BCUT2D eigenvalue weighted by molar-refractivity contribution is 7.98. The lowest BCUT2D eigenvalue weighted by Gasteiger charge is -2.43. The number of halogens is 1. The molecule has 118 valence electrons. The SMILES string of the molecule is CSc1cnc(N2CCN(C)CC2NC(C)(C)C)nc1Cl. The van der Waals surface area contributed by atoms with Crippen molar-refractivity contribution in [3.05, 3.63) is 11.3 Å². The zero-order valence-corrected chi connectivity index (χ0v) is 14.9. The second kappa shape index (κ2) is 6.69. The third-order valence-electron chi connectivity index (χ3n) is 3.36. The van der Waals surface area contributed by atoms with Gasteiger partial charge in [0.1, 0.15) is 5.15 Å². The summed E-state index contributed by atoms with van der Waals surface area (Å²) in [6.07, 6.45) is 3.96. The van der Waals surface area contributed by atoms with E-state index < -0.39 is 0 Å². The summed E-state index contributed by atoms with van der Waals surface area (Å²) in [6, 6.07) is 0. The Hall–Kier alpha value is -0.560. The molecule has 0 aromatic carbocycles. The number of nitrogens with zero attached hydrogens (tertiary/aromatic N) is 4. The van der Waals surface area contributed by atoms with Gasteiger partial charge in [0.05, 0.1) is 11.1 Å². The largest absolute Gasteiger partial charge is 0.323 e. The molecule has 0 aliphatic carbocycles. The van der Waals surface area contributed by atoms with Gasteiger partial charge < -0.3 is 9.80 Å². The van der Waals surface area contributed by atoms with Crippen molar-refractivity contribution in [3.8, 4) is 0 Å². The van der Waals surface area contributed by atoms with Gasteiger partial charge in [0.2, 0.25) is 5.95 Å². The highest BCUT2D eigenvalue weighted by Gasteiger charge is 2.30. The molecule has 0 saturated carbocycles. The number of aromatic nitrogens is 2. The van der Waals surface area contributed by atoms with Crippen LogP contribution in [0, 0.1) is 0 Å². The van der Waals surface area contributed by atoms with Crippen LogP contribution in [0.5, 0.6) is 0 Å². The molecular weight excluding hydrogens is 306 g/mol. The molecule has 1 fully saturated rings. The van der Waals surface area contributed by atoms with Gasteiger partial charge in [-0.25, -0.2) is 4.98 Å². The fourth-order valence-electron chi connectivity index (χ4n) is 2.40. The van der Waals surface area contributed by atoms with Crippen LogP contribution in [0.15, 0.2) is 11.1 Å². The molecule has 0 bridgehead atoms. The molecule has 1 saturated heterocycles. The maximum atomic E-state index is 6.23. The molecule has 21 heavy (non-hydrogen) atoms. The standard InChI is InChI=1S/C14H24ClN5S/c1-14(2,3)18-11-9-19(4)6-7-20(11)13-16-8-10(21-5)12(15)17-13/h8,11,18H,6-7,9H2,1-5H3. The Morgan fingerprint density at radius 3 is 2.67 bits per heavy atom. The fraction of sp³-hybridized carbons (Fsp3) is 0.714. The number of piperazine rings is 1. The smallest absolute Gasteiger partial charge is 0.228 e. The van der Waals surface area contributed by atoms with Crippen LogP contribution in [0.2, 0.25) is 5.15 Å². The molecule has 0 amide bonds. The van der Waals surface area contributed by atoms with E-state index in [4.69, 9.17) is 11.6 Å². The highest BCUT2D eigenvalue weighted by atomic mass is 35.5. The van der Waals surface area contributed by atoms with Gasteiger partial charge in [0.15, 0.2) is 0 Å². The van der Waals surface area contributed by atoms with Gasteiger partial charge in [0.25, 0.3) is 0 Å². The van der Waals surface area contributed by atoms with Crippen molar-refractivity contribution in [3.63, 3.8) is 0 Å². The summed E-state index contributed by atoms with van der Waals surface area (Å²) in [4.78, 5) is 14.4. The number of thioether (sulfide) groups is 1. The predicted molar refractivity (Wildman–Crippen MR) is 90.3 cm³/mol. The molecule has 7 heteroatoms. The summed E-state index contributed by atoms with van der Waals surface area (Å²) in [7, 11) is 2.14. The fourth-order valence-corrected chi connectivity index (χ4v) is 3.13. The zero-order chi connectivity index (χ0) is 15.6. The van der Waals surface area contributed by atoms with Gasteiger partial charge in [-0.3, -0.25) is 5.32 Å². The predicted octanol–water partition coefficient (Wildman–Crippen LogP) is 2.32. The van der Waals surface area contributed by atoms with Gasteiger partial charge in [-0.1, -0.05) is 11.6 Å². The second-order valence-electron chi connectivity index (χ2n) is 6.39. The monoisotopic (exact) mass is 329 g/mol. The van der Waals surface area contributed by atoms with Gasteiger partial charge in [-0.15, -0.1) is 11.8 Å². The van der Waals surface area contributed by atoms with Crippen molar-refractivity contribution in [2.75, 3.05) is 37.8 Å². The van der Waals surface area contributed by atoms with E-state index in [1.807, 2.05) is 12.5 Å². The Labute approximate surface area is 136 Å². The lowest BCUT2D eigenvalue weighted by atomic mass is 10.1. The maximum Gasteiger partial charge on any atom is 0.228 e. The van der Waals surface area contributed by atoms with E-state index in [9.17, 15) is 0 Å². The third kappa shape index (κ3) is 4.45. The number of rotatable bonds is 3. The summed E-state index contributed by atoms with van der Waals surface area (Å²) < 4.78 is 0. The van der Waals surface area contributed by atoms with Crippen LogP contribution in [-0.2, 0) is 0 Å². The summed E-state index contributed by atoms with van der Waals surface area (Å²) >= 11 is 7.79. The Balaban J connectivity index is 2.24. The van der Waals surface area contributed by atoms with E-state index in [1.54, 1.807) is 11.8 Å². The van der Waals surface area contributed by atoms with Crippen molar-refractivity contribution in [1.82, 2.24) is 20.2 Å². The molecule has 1 aromatic heterocycles. The van der Waals surface area contributed by atoms with E-state index in [-0.39, 0.29) is 11.7 Å². The maximum absolute atomic E-state index is 6.23. The third-order valence-corrected chi connectivity index (χ3v) is 4.50.